The number of rotatable bonds is 12. The first-order valence-electron chi connectivity index (χ1n) is 10.5. The molecule has 4 nitrogen and oxygen atoms in total. The molecule has 28 heavy (non-hydrogen) atoms. The Morgan fingerprint density at radius 1 is 0.893 bits per heavy atom. The zero-order valence-electron chi connectivity index (χ0n) is 19.2. The van der Waals surface area contributed by atoms with Gasteiger partial charge in [-0.3, -0.25) is 9.59 Å². The van der Waals surface area contributed by atoms with E-state index < -0.39 is 5.97 Å². The average molecular weight is 397 g/mol. The molecule has 0 heterocycles. The van der Waals surface area contributed by atoms with Crippen LogP contribution in [0.15, 0.2) is 25.5 Å². The van der Waals surface area contributed by atoms with Crippen molar-refractivity contribution in [2.45, 2.75) is 99.3 Å². The van der Waals surface area contributed by atoms with Crippen LogP contribution < -0.4 is 0 Å². The summed E-state index contributed by atoms with van der Waals surface area (Å²) >= 11 is 0. The second-order valence-corrected chi connectivity index (χ2v) is 9.76. The van der Waals surface area contributed by atoms with Gasteiger partial charge in [0.2, 0.25) is 0 Å². The van der Waals surface area contributed by atoms with Crippen LogP contribution in [0.4, 0.5) is 0 Å². The highest BCUT2D eigenvalue weighted by Crippen LogP contribution is 2.23. The maximum absolute atomic E-state index is 10.9. The highest BCUT2D eigenvalue weighted by Gasteiger charge is 2.14. The molecule has 0 saturated carbocycles. The Morgan fingerprint density at radius 2 is 1.39 bits per heavy atom. The Hall–Kier alpha value is -1.58. The zero-order chi connectivity index (χ0) is 22.2. The van der Waals surface area contributed by atoms with Gasteiger partial charge in [0.25, 0.3) is 0 Å². The molecule has 1 N–H and O–H groups in total. The van der Waals surface area contributed by atoms with Crippen molar-refractivity contribution in [3.63, 3.8) is 0 Å². The van der Waals surface area contributed by atoms with Crippen molar-refractivity contribution < 1.29 is 19.4 Å². The third kappa shape index (κ3) is 22.5. The summed E-state index contributed by atoms with van der Waals surface area (Å²) in [6.45, 7) is 20.2. The molecule has 1 atom stereocenters. The smallest absolute Gasteiger partial charge is 0.310 e. The van der Waals surface area contributed by atoms with Crippen LogP contribution in [0.2, 0.25) is 0 Å². The van der Waals surface area contributed by atoms with Gasteiger partial charge >= 0.3 is 11.9 Å². The minimum absolute atomic E-state index is 0.171. The Balaban J connectivity index is 0. The van der Waals surface area contributed by atoms with Crippen LogP contribution in [-0.2, 0) is 14.3 Å². The lowest BCUT2D eigenvalue weighted by atomic mass is 9.88. The van der Waals surface area contributed by atoms with Gasteiger partial charge in [0.15, 0.2) is 0 Å². The van der Waals surface area contributed by atoms with Crippen molar-refractivity contribution in [2.24, 2.45) is 16.7 Å². The van der Waals surface area contributed by atoms with Crippen molar-refractivity contribution in [2.75, 3.05) is 0 Å². The monoisotopic (exact) mass is 396 g/mol. The van der Waals surface area contributed by atoms with Gasteiger partial charge < -0.3 is 9.84 Å². The molecule has 0 fully saturated rings. The van der Waals surface area contributed by atoms with Gasteiger partial charge in [-0.25, -0.2) is 0 Å². The molecule has 0 aromatic rings. The first-order chi connectivity index (χ1) is 12.8. The molecule has 0 aliphatic rings. The maximum atomic E-state index is 10.9. The molecular formula is C24H44O4. The number of hydrogen-bond donors (Lipinski definition) is 1. The Labute approximate surface area is 173 Å². The van der Waals surface area contributed by atoms with Crippen molar-refractivity contribution in [3.8, 4) is 0 Å². The van der Waals surface area contributed by atoms with Gasteiger partial charge in [0.05, 0.1) is 12.2 Å². The maximum Gasteiger partial charge on any atom is 0.310 e. The molecule has 0 aromatic heterocycles. The number of carboxylic acid groups (broad SMARTS) is 1. The second-order valence-electron chi connectivity index (χ2n) is 9.76. The van der Waals surface area contributed by atoms with Crippen LogP contribution in [0.3, 0.4) is 0 Å². The lowest BCUT2D eigenvalue weighted by Crippen LogP contribution is -2.11. The van der Waals surface area contributed by atoms with Crippen molar-refractivity contribution in [1.29, 1.82) is 0 Å². The van der Waals surface area contributed by atoms with Crippen LogP contribution in [0.25, 0.3) is 0 Å². The third-order valence-corrected chi connectivity index (χ3v) is 4.32. The van der Waals surface area contributed by atoms with Gasteiger partial charge in [-0.15, -0.1) is 6.58 Å². The third-order valence-electron chi connectivity index (χ3n) is 4.32. The SMILES string of the molecule is C=CC(CCCCC(C)(C)C)C(=O)O.C=COC(=O)CCCCCC(C)(C)C. The van der Waals surface area contributed by atoms with E-state index in [1.54, 1.807) is 0 Å². The van der Waals surface area contributed by atoms with Crippen LogP contribution in [0.1, 0.15) is 99.3 Å². The summed E-state index contributed by atoms with van der Waals surface area (Å²) in [5.74, 6) is -1.29. The highest BCUT2D eigenvalue weighted by atomic mass is 16.5. The number of carbonyl (C=O) groups excluding carboxylic acids is 1. The van der Waals surface area contributed by atoms with Crippen molar-refractivity contribution in [3.05, 3.63) is 25.5 Å². The molecule has 0 radical (unpaired) electrons. The fourth-order valence-corrected chi connectivity index (χ4v) is 2.62. The van der Waals surface area contributed by atoms with E-state index in [-0.39, 0.29) is 11.9 Å². The van der Waals surface area contributed by atoms with Gasteiger partial charge in [-0.1, -0.05) is 79.9 Å². The first-order valence-corrected chi connectivity index (χ1v) is 10.5. The van der Waals surface area contributed by atoms with E-state index in [0.717, 1.165) is 38.5 Å². The van der Waals surface area contributed by atoms with E-state index in [1.807, 2.05) is 0 Å². The standard InChI is InChI=1S/2C12H22O2/c1-5-14-11(13)9-7-6-8-10-12(2,3)4;1-5-10(11(13)14)8-6-7-9-12(2,3)4/h5H,1,6-10H2,2-4H3;5,10H,1,6-9H2,2-4H3,(H,13,14). The zero-order valence-corrected chi connectivity index (χ0v) is 19.2. The molecule has 0 spiro atoms. The van der Waals surface area contributed by atoms with E-state index in [1.165, 1.54) is 25.2 Å². The summed E-state index contributed by atoms with van der Waals surface area (Å²) in [5.41, 5.74) is 0.758. The molecule has 0 aromatic carbocycles. The Bertz CT molecular complexity index is 450. The molecule has 0 amide bonds. The van der Waals surface area contributed by atoms with Crippen LogP contribution in [-0.4, -0.2) is 17.0 Å². The molecule has 1 unspecified atom stereocenters. The number of unbranched alkanes of at least 4 members (excludes halogenated alkanes) is 3. The number of esters is 1. The van der Waals surface area contributed by atoms with Crippen LogP contribution in [0.5, 0.6) is 0 Å². The largest absolute Gasteiger partial charge is 0.481 e. The predicted octanol–water partition coefficient (Wildman–Crippen LogP) is 7.15. The summed E-state index contributed by atoms with van der Waals surface area (Å²) in [7, 11) is 0. The number of ether oxygens (including phenoxy) is 1. The van der Waals surface area contributed by atoms with E-state index in [4.69, 9.17) is 5.11 Å². The lowest BCUT2D eigenvalue weighted by Gasteiger charge is -2.17. The number of carboxylic acids is 1. The van der Waals surface area contributed by atoms with Crippen LogP contribution in [0, 0.1) is 16.7 Å². The first kappa shape index (κ1) is 28.6. The molecule has 0 bridgehead atoms. The van der Waals surface area contributed by atoms with E-state index in [0.29, 0.717) is 17.3 Å². The van der Waals surface area contributed by atoms with Crippen LogP contribution >= 0.6 is 0 Å². The molecule has 0 saturated heterocycles. The van der Waals surface area contributed by atoms with E-state index in [2.05, 4.69) is 59.4 Å². The number of carbonyl (C=O) groups is 2. The van der Waals surface area contributed by atoms with Crippen molar-refractivity contribution >= 4 is 11.9 Å². The molecule has 0 aliphatic carbocycles. The number of aliphatic carboxylic acids is 1. The quantitative estimate of drug-likeness (QED) is 0.165. The summed E-state index contributed by atoms with van der Waals surface area (Å²) < 4.78 is 4.61. The predicted molar refractivity (Wildman–Crippen MR) is 118 cm³/mol. The number of hydrogen-bond acceptors (Lipinski definition) is 3. The highest BCUT2D eigenvalue weighted by molar-refractivity contribution is 5.71. The van der Waals surface area contributed by atoms with E-state index >= 15 is 0 Å². The molecule has 0 aliphatic heterocycles. The average Bonchev–Trinajstić information content (AvgIpc) is 2.53. The summed E-state index contributed by atoms with van der Waals surface area (Å²) in [6.07, 6.45) is 11.6. The van der Waals surface area contributed by atoms with Crippen molar-refractivity contribution in [1.82, 2.24) is 0 Å². The molecule has 4 heteroatoms. The fraction of sp³-hybridized carbons (Fsp3) is 0.750. The van der Waals surface area contributed by atoms with E-state index in [9.17, 15) is 9.59 Å². The van der Waals surface area contributed by atoms with Gasteiger partial charge in [0.1, 0.15) is 0 Å². The van der Waals surface area contributed by atoms with Gasteiger partial charge in [-0.2, -0.15) is 0 Å². The summed E-state index contributed by atoms with van der Waals surface area (Å²) in [6, 6.07) is 0. The molecule has 0 rings (SSSR count). The minimum atomic E-state index is -0.754. The second kappa shape index (κ2) is 15.4. The normalized spacial score (nSPS) is 12.4. The Kier molecular flexibility index (Phi) is 15.7. The minimum Gasteiger partial charge on any atom is -0.481 e. The summed E-state index contributed by atoms with van der Waals surface area (Å²) in [5, 5.41) is 8.76. The Morgan fingerprint density at radius 3 is 1.79 bits per heavy atom. The van der Waals surface area contributed by atoms with Gasteiger partial charge in [-0.05, 0) is 36.5 Å². The fourth-order valence-electron chi connectivity index (χ4n) is 2.62. The molecular weight excluding hydrogens is 352 g/mol. The molecule has 164 valence electrons. The summed E-state index contributed by atoms with van der Waals surface area (Å²) in [4.78, 5) is 21.6. The topological polar surface area (TPSA) is 63.6 Å². The lowest BCUT2D eigenvalue weighted by molar-refractivity contribution is -0.140. The van der Waals surface area contributed by atoms with Gasteiger partial charge in [0, 0.05) is 6.42 Å².